The molecule has 0 aromatic heterocycles. The van der Waals surface area contributed by atoms with Crippen molar-refractivity contribution in [3.63, 3.8) is 0 Å². The SMILES string of the molecule is CC(CCc1ccccc1)NC(=O)c1cccc(OC(C)C)c1. The molecule has 0 bridgehead atoms. The van der Waals surface area contributed by atoms with Gasteiger partial charge in [0.1, 0.15) is 5.75 Å². The summed E-state index contributed by atoms with van der Waals surface area (Å²) in [6, 6.07) is 17.8. The van der Waals surface area contributed by atoms with Crippen molar-refractivity contribution in [2.24, 2.45) is 0 Å². The van der Waals surface area contributed by atoms with Crippen molar-refractivity contribution in [3.8, 4) is 5.75 Å². The molecule has 0 fully saturated rings. The molecule has 2 aromatic rings. The van der Waals surface area contributed by atoms with Crippen LogP contribution in [0.3, 0.4) is 0 Å². The summed E-state index contributed by atoms with van der Waals surface area (Å²) in [6.07, 6.45) is 1.97. The minimum Gasteiger partial charge on any atom is -0.491 e. The Balaban J connectivity index is 1.88. The smallest absolute Gasteiger partial charge is 0.251 e. The zero-order valence-corrected chi connectivity index (χ0v) is 14.1. The van der Waals surface area contributed by atoms with Gasteiger partial charge in [-0.25, -0.2) is 0 Å². The number of rotatable bonds is 7. The molecule has 3 nitrogen and oxygen atoms in total. The van der Waals surface area contributed by atoms with E-state index in [9.17, 15) is 4.79 Å². The lowest BCUT2D eigenvalue weighted by atomic mass is 10.1. The van der Waals surface area contributed by atoms with Gasteiger partial charge in [-0.3, -0.25) is 4.79 Å². The van der Waals surface area contributed by atoms with Crippen molar-refractivity contribution in [2.75, 3.05) is 0 Å². The van der Waals surface area contributed by atoms with Crippen LogP contribution in [0.4, 0.5) is 0 Å². The van der Waals surface area contributed by atoms with E-state index in [1.807, 2.05) is 57.2 Å². The third kappa shape index (κ3) is 5.78. The molecule has 0 aliphatic carbocycles. The van der Waals surface area contributed by atoms with Gasteiger partial charge >= 0.3 is 0 Å². The van der Waals surface area contributed by atoms with Crippen molar-refractivity contribution < 1.29 is 9.53 Å². The normalized spacial score (nSPS) is 12.0. The highest BCUT2D eigenvalue weighted by molar-refractivity contribution is 5.94. The minimum atomic E-state index is -0.0558. The number of hydrogen-bond donors (Lipinski definition) is 1. The first-order valence-corrected chi connectivity index (χ1v) is 8.16. The van der Waals surface area contributed by atoms with E-state index in [0.717, 1.165) is 18.6 Å². The molecule has 122 valence electrons. The Morgan fingerprint density at radius 1 is 1.04 bits per heavy atom. The maximum absolute atomic E-state index is 12.3. The Bertz CT molecular complexity index is 623. The molecule has 0 saturated carbocycles. The number of carbonyl (C=O) groups is 1. The molecule has 0 saturated heterocycles. The predicted molar refractivity (Wildman–Crippen MR) is 93.9 cm³/mol. The van der Waals surface area contributed by atoms with Crippen molar-refractivity contribution in [1.29, 1.82) is 0 Å². The van der Waals surface area contributed by atoms with E-state index < -0.39 is 0 Å². The molecule has 1 amide bonds. The van der Waals surface area contributed by atoms with E-state index in [-0.39, 0.29) is 18.1 Å². The summed E-state index contributed by atoms with van der Waals surface area (Å²) in [7, 11) is 0. The minimum absolute atomic E-state index is 0.0558. The van der Waals surface area contributed by atoms with Crippen LogP contribution in [0, 0.1) is 0 Å². The van der Waals surface area contributed by atoms with Crippen molar-refractivity contribution in [2.45, 2.75) is 45.8 Å². The molecule has 0 aliphatic heterocycles. The molecular weight excluding hydrogens is 286 g/mol. The van der Waals surface area contributed by atoms with Crippen LogP contribution >= 0.6 is 0 Å². The second-order valence-electron chi connectivity index (χ2n) is 6.09. The van der Waals surface area contributed by atoms with Crippen LogP contribution in [0.2, 0.25) is 0 Å². The maximum atomic E-state index is 12.3. The van der Waals surface area contributed by atoms with Gasteiger partial charge in [0.25, 0.3) is 5.91 Å². The Labute approximate surface area is 138 Å². The summed E-state index contributed by atoms with van der Waals surface area (Å²) < 4.78 is 5.64. The summed E-state index contributed by atoms with van der Waals surface area (Å²) in [5.74, 6) is 0.671. The van der Waals surface area contributed by atoms with Gasteiger partial charge in [-0.15, -0.1) is 0 Å². The molecule has 0 spiro atoms. The second-order valence-corrected chi connectivity index (χ2v) is 6.09. The zero-order chi connectivity index (χ0) is 16.7. The van der Waals surface area contributed by atoms with Gasteiger partial charge < -0.3 is 10.1 Å². The average Bonchev–Trinajstić information content (AvgIpc) is 2.53. The van der Waals surface area contributed by atoms with E-state index >= 15 is 0 Å². The Morgan fingerprint density at radius 3 is 2.48 bits per heavy atom. The molecular formula is C20H25NO2. The summed E-state index contributed by atoms with van der Waals surface area (Å²) in [5, 5.41) is 3.05. The molecule has 2 rings (SSSR count). The number of hydrogen-bond acceptors (Lipinski definition) is 2. The quantitative estimate of drug-likeness (QED) is 0.831. The summed E-state index contributed by atoms with van der Waals surface area (Å²) >= 11 is 0. The number of benzene rings is 2. The van der Waals surface area contributed by atoms with Crippen LogP contribution in [0.25, 0.3) is 0 Å². The molecule has 1 unspecified atom stereocenters. The third-order valence-corrected chi connectivity index (χ3v) is 3.55. The highest BCUT2D eigenvalue weighted by Gasteiger charge is 2.11. The second kappa shape index (κ2) is 8.37. The standard InChI is InChI=1S/C20H25NO2/c1-15(2)23-19-11-7-10-18(14-19)20(22)21-16(3)12-13-17-8-5-4-6-9-17/h4-11,14-16H,12-13H2,1-3H3,(H,21,22). The van der Waals surface area contributed by atoms with Crippen molar-refractivity contribution >= 4 is 5.91 Å². The van der Waals surface area contributed by atoms with Gasteiger partial charge in [-0.2, -0.15) is 0 Å². The fraction of sp³-hybridized carbons (Fsp3) is 0.350. The van der Waals surface area contributed by atoms with E-state index in [1.54, 1.807) is 6.07 Å². The van der Waals surface area contributed by atoms with Gasteiger partial charge in [-0.05, 0) is 57.4 Å². The first kappa shape index (κ1) is 17.1. The monoisotopic (exact) mass is 311 g/mol. The first-order chi connectivity index (χ1) is 11.0. The van der Waals surface area contributed by atoms with E-state index in [4.69, 9.17) is 4.74 Å². The summed E-state index contributed by atoms with van der Waals surface area (Å²) in [5.41, 5.74) is 1.93. The fourth-order valence-corrected chi connectivity index (χ4v) is 2.39. The Morgan fingerprint density at radius 2 is 1.78 bits per heavy atom. The van der Waals surface area contributed by atoms with Gasteiger partial charge in [0.05, 0.1) is 6.10 Å². The maximum Gasteiger partial charge on any atom is 0.251 e. The zero-order valence-electron chi connectivity index (χ0n) is 14.1. The lowest BCUT2D eigenvalue weighted by molar-refractivity contribution is 0.0937. The molecule has 1 N–H and O–H groups in total. The lowest BCUT2D eigenvalue weighted by Gasteiger charge is -2.15. The number of carbonyl (C=O) groups excluding carboxylic acids is 1. The number of amides is 1. The van der Waals surface area contributed by atoms with Crippen LogP contribution in [-0.4, -0.2) is 18.1 Å². The third-order valence-electron chi connectivity index (χ3n) is 3.55. The highest BCUT2D eigenvalue weighted by atomic mass is 16.5. The number of ether oxygens (including phenoxy) is 1. The van der Waals surface area contributed by atoms with Crippen LogP contribution in [-0.2, 0) is 6.42 Å². The van der Waals surface area contributed by atoms with Gasteiger partial charge in [0, 0.05) is 11.6 Å². The Hall–Kier alpha value is -2.29. The number of aryl methyl sites for hydroxylation is 1. The van der Waals surface area contributed by atoms with E-state index in [2.05, 4.69) is 17.4 Å². The molecule has 0 radical (unpaired) electrons. The van der Waals surface area contributed by atoms with Crippen LogP contribution in [0.5, 0.6) is 5.75 Å². The van der Waals surface area contributed by atoms with Crippen LogP contribution < -0.4 is 10.1 Å². The van der Waals surface area contributed by atoms with E-state index in [1.165, 1.54) is 5.56 Å². The van der Waals surface area contributed by atoms with Gasteiger partial charge in [-0.1, -0.05) is 36.4 Å². The topological polar surface area (TPSA) is 38.3 Å². The van der Waals surface area contributed by atoms with Crippen LogP contribution in [0.1, 0.15) is 43.1 Å². The fourth-order valence-electron chi connectivity index (χ4n) is 2.39. The molecule has 0 aliphatic rings. The van der Waals surface area contributed by atoms with Gasteiger partial charge in [0.15, 0.2) is 0 Å². The Kier molecular flexibility index (Phi) is 6.21. The lowest BCUT2D eigenvalue weighted by Crippen LogP contribution is -2.32. The summed E-state index contributed by atoms with van der Waals surface area (Å²) in [6.45, 7) is 5.98. The van der Waals surface area contributed by atoms with Crippen LogP contribution in [0.15, 0.2) is 54.6 Å². The molecule has 1 atom stereocenters. The molecule has 2 aromatic carbocycles. The van der Waals surface area contributed by atoms with Crippen molar-refractivity contribution in [3.05, 3.63) is 65.7 Å². The molecule has 0 heterocycles. The average molecular weight is 311 g/mol. The predicted octanol–water partition coefficient (Wildman–Crippen LogP) is 4.22. The largest absolute Gasteiger partial charge is 0.491 e. The first-order valence-electron chi connectivity index (χ1n) is 8.16. The van der Waals surface area contributed by atoms with Crippen molar-refractivity contribution in [1.82, 2.24) is 5.32 Å². The number of nitrogens with one attached hydrogen (secondary N) is 1. The highest BCUT2D eigenvalue weighted by Crippen LogP contribution is 2.15. The summed E-state index contributed by atoms with van der Waals surface area (Å²) in [4.78, 5) is 12.3. The van der Waals surface area contributed by atoms with Gasteiger partial charge in [0.2, 0.25) is 0 Å². The van der Waals surface area contributed by atoms with E-state index in [0.29, 0.717) is 5.56 Å². The molecule has 23 heavy (non-hydrogen) atoms. The molecule has 3 heteroatoms.